The molecule has 1 aliphatic rings. The number of aryl methyl sites for hydroxylation is 1. The van der Waals surface area contributed by atoms with Gasteiger partial charge < -0.3 is 4.74 Å². The molecule has 3 rings (SSSR count). The Balaban J connectivity index is 2.13. The quantitative estimate of drug-likeness (QED) is 0.565. The number of anilines is 1. The summed E-state index contributed by atoms with van der Waals surface area (Å²) in [6.07, 6.45) is 2.27. The van der Waals surface area contributed by atoms with Crippen molar-refractivity contribution in [2.45, 2.75) is 70.1 Å². The Kier molecular flexibility index (Phi) is 7.27. The number of halogens is 1. The zero-order chi connectivity index (χ0) is 24.6. The van der Waals surface area contributed by atoms with Crippen LogP contribution in [0.5, 0.6) is 0 Å². The Bertz CT molecular complexity index is 1120. The average Bonchev–Trinajstić information content (AvgIpc) is 2.74. The molecule has 0 atom stereocenters. The lowest BCUT2D eigenvalue weighted by Gasteiger charge is -2.38. The SMILES string of the molecule is Cc1cc(C2(S(=O)(=O)c3ccc(Cl)cc3)CCOCC2)cnc1N(C(=O)C(C)(C)C)C(C)C. The lowest BCUT2D eigenvalue weighted by Crippen LogP contribution is -2.45. The summed E-state index contributed by atoms with van der Waals surface area (Å²) in [4.78, 5) is 19.7. The Morgan fingerprint density at radius 1 is 1.15 bits per heavy atom. The van der Waals surface area contributed by atoms with Crippen molar-refractivity contribution < 1.29 is 17.9 Å². The van der Waals surface area contributed by atoms with Gasteiger partial charge in [0.05, 0.1) is 4.90 Å². The van der Waals surface area contributed by atoms with Crippen molar-refractivity contribution in [2.75, 3.05) is 18.1 Å². The molecule has 1 amide bonds. The van der Waals surface area contributed by atoms with Gasteiger partial charge >= 0.3 is 0 Å². The first kappa shape index (κ1) is 25.7. The van der Waals surface area contributed by atoms with Crippen molar-refractivity contribution >= 4 is 33.2 Å². The number of rotatable bonds is 5. The third kappa shape index (κ3) is 4.81. The summed E-state index contributed by atoms with van der Waals surface area (Å²) in [6.45, 7) is 12.1. The van der Waals surface area contributed by atoms with Gasteiger partial charge in [-0.15, -0.1) is 0 Å². The summed E-state index contributed by atoms with van der Waals surface area (Å²) < 4.78 is 32.2. The Morgan fingerprint density at radius 2 is 1.73 bits per heavy atom. The number of nitrogens with zero attached hydrogens (tertiary/aromatic N) is 2. The van der Waals surface area contributed by atoms with Crippen LogP contribution in [-0.4, -0.2) is 38.6 Å². The molecule has 1 fully saturated rings. The predicted molar refractivity (Wildman–Crippen MR) is 131 cm³/mol. The van der Waals surface area contributed by atoms with Crippen molar-refractivity contribution in [3.05, 3.63) is 52.7 Å². The molecule has 2 aromatic rings. The number of carbonyl (C=O) groups is 1. The van der Waals surface area contributed by atoms with E-state index in [4.69, 9.17) is 16.3 Å². The number of aromatic nitrogens is 1. The average molecular weight is 493 g/mol. The number of hydrogen-bond donors (Lipinski definition) is 0. The fraction of sp³-hybridized carbons (Fsp3) is 0.520. The highest BCUT2D eigenvalue weighted by atomic mass is 35.5. The zero-order valence-electron chi connectivity index (χ0n) is 20.2. The van der Waals surface area contributed by atoms with E-state index in [0.717, 1.165) is 5.56 Å². The van der Waals surface area contributed by atoms with Gasteiger partial charge in [-0.1, -0.05) is 32.4 Å². The molecule has 1 aromatic heterocycles. The van der Waals surface area contributed by atoms with Crippen LogP contribution in [0, 0.1) is 12.3 Å². The second kappa shape index (κ2) is 9.35. The second-order valence-corrected chi connectivity index (χ2v) is 12.6. The molecule has 0 N–H and O–H groups in total. The van der Waals surface area contributed by atoms with Gasteiger partial charge in [-0.25, -0.2) is 13.4 Å². The predicted octanol–water partition coefficient (Wildman–Crippen LogP) is 5.31. The van der Waals surface area contributed by atoms with E-state index in [1.807, 2.05) is 47.6 Å². The third-order valence-electron chi connectivity index (χ3n) is 6.12. The van der Waals surface area contributed by atoms with E-state index in [1.54, 1.807) is 35.4 Å². The van der Waals surface area contributed by atoms with Gasteiger partial charge in [-0.05, 0) is 75.1 Å². The van der Waals surface area contributed by atoms with Gasteiger partial charge in [0, 0.05) is 35.9 Å². The van der Waals surface area contributed by atoms with Crippen LogP contribution in [0.15, 0.2) is 41.4 Å². The lowest BCUT2D eigenvalue weighted by atomic mass is 9.90. The number of benzene rings is 1. The van der Waals surface area contributed by atoms with E-state index >= 15 is 0 Å². The minimum absolute atomic E-state index is 0.0320. The molecule has 0 radical (unpaired) electrons. The molecule has 0 bridgehead atoms. The summed E-state index contributed by atoms with van der Waals surface area (Å²) in [6, 6.07) is 8.05. The second-order valence-electron chi connectivity index (χ2n) is 9.95. The van der Waals surface area contributed by atoms with E-state index in [2.05, 4.69) is 4.98 Å². The molecule has 6 nitrogen and oxygen atoms in total. The number of ether oxygens (including phenoxy) is 1. The van der Waals surface area contributed by atoms with E-state index in [-0.39, 0.29) is 16.8 Å². The van der Waals surface area contributed by atoms with Crippen LogP contribution >= 0.6 is 11.6 Å². The van der Waals surface area contributed by atoms with Crippen LogP contribution in [0.3, 0.4) is 0 Å². The summed E-state index contributed by atoms with van der Waals surface area (Å²) >= 11 is 5.99. The first-order valence-corrected chi connectivity index (χ1v) is 13.1. The van der Waals surface area contributed by atoms with E-state index < -0.39 is 20.0 Å². The molecule has 33 heavy (non-hydrogen) atoms. The normalized spacial score (nSPS) is 16.6. The Morgan fingerprint density at radius 3 is 2.21 bits per heavy atom. The highest BCUT2D eigenvalue weighted by Crippen LogP contribution is 2.44. The van der Waals surface area contributed by atoms with Gasteiger partial charge in [0.2, 0.25) is 5.91 Å². The first-order valence-electron chi connectivity index (χ1n) is 11.2. The maximum atomic E-state index is 13.9. The van der Waals surface area contributed by atoms with Crippen molar-refractivity contribution in [3.63, 3.8) is 0 Å². The monoisotopic (exact) mass is 492 g/mol. The van der Waals surface area contributed by atoms with Crippen LogP contribution in [0.1, 0.15) is 58.6 Å². The lowest BCUT2D eigenvalue weighted by molar-refractivity contribution is -0.126. The van der Waals surface area contributed by atoms with Crippen molar-refractivity contribution in [1.29, 1.82) is 0 Å². The number of sulfone groups is 1. The van der Waals surface area contributed by atoms with Crippen LogP contribution < -0.4 is 4.90 Å². The standard InChI is InChI=1S/C25H33ClN2O4S/c1-17(2)28(23(29)24(4,5)6)22-18(3)15-19(16-27-22)25(11-13-32-14-12-25)33(30,31)21-9-7-20(26)8-10-21/h7-10,15-17H,11-14H2,1-6H3. The topological polar surface area (TPSA) is 76.6 Å². The minimum Gasteiger partial charge on any atom is -0.381 e. The molecule has 0 saturated carbocycles. The summed E-state index contributed by atoms with van der Waals surface area (Å²) in [5, 5.41) is 0.481. The number of carbonyl (C=O) groups excluding carboxylic acids is 1. The fourth-order valence-corrected chi connectivity index (χ4v) is 6.46. The molecule has 180 valence electrons. The van der Waals surface area contributed by atoms with Crippen molar-refractivity contribution in [3.8, 4) is 0 Å². The molecule has 0 spiro atoms. The van der Waals surface area contributed by atoms with Gasteiger partial charge in [0.15, 0.2) is 9.84 Å². The molecule has 0 aliphatic carbocycles. The van der Waals surface area contributed by atoms with Crippen LogP contribution in [0.25, 0.3) is 0 Å². The maximum absolute atomic E-state index is 13.9. The van der Waals surface area contributed by atoms with E-state index in [1.165, 1.54) is 0 Å². The van der Waals surface area contributed by atoms with Crippen molar-refractivity contribution in [1.82, 2.24) is 4.98 Å². The van der Waals surface area contributed by atoms with Crippen LogP contribution in [0.2, 0.25) is 5.02 Å². The molecule has 1 aromatic carbocycles. The minimum atomic E-state index is -3.76. The maximum Gasteiger partial charge on any atom is 0.233 e. The molecule has 2 heterocycles. The molecular weight excluding hydrogens is 460 g/mol. The van der Waals surface area contributed by atoms with Crippen LogP contribution in [0.4, 0.5) is 5.82 Å². The summed E-state index contributed by atoms with van der Waals surface area (Å²) in [5.74, 6) is 0.523. The third-order valence-corrected chi connectivity index (χ3v) is 8.94. The Labute approximate surface area is 202 Å². The molecule has 8 heteroatoms. The zero-order valence-corrected chi connectivity index (χ0v) is 21.8. The number of pyridine rings is 1. The molecule has 0 unspecified atom stereocenters. The van der Waals surface area contributed by atoms with Gasteiger partial charge in [-0.3, -0.25) is 9.69 Å². The molecular formula is C25H33ClN2O4S. The van der Waals surface area contributed by atoms with Gasteiger partial charge in [0.1, 0.15) is 10.6 Å². The first-order chi connectivity index (χ1) is 15.3. The highest BCUT2D eigenvalue weighted by molar-refractivity contribution is 7.92. The smallest absolute Gasteiger partial charge is 0.233 e. The largest absolute Gasteiger partial charge is 0.381 e. The summed E-state index contributed by atoms with van der Waals surface area (Å²) in [7, 11) is -3.76. The fourth-order valence-electron chi connectivity index (χ4n) is 4.26. The van der Waals surface area contributed by atoms with E-state index in [0.29, 0.717) is 42.5 Å². The number of hydrogen-bond acceptors (Lipinski definition) is 5. The molecule has 1 saturated heterocycles. The van der Waals surface area contributed by atoms with E-state index in [9.17, 15) is 13.2 Å². The number of amides is 1. The molecule has 1 aliphatic heterocycles. The van der Waals surface area contributed by atoms with Gasteiger partial charge in [0.25, 0.3) is 0 Å². The van der Waals surface area contributed by atoms with Gasteiger partial charge in [-0.2, -0.15) is 0 Å². The van der Waals surface area contributed by atoms with Crippen LogP contribution in [-0.2, 0) is 24.1 Å². The Hall–Kier alpha value is -1.96. The highest BCUT2D eigenvalue weighted by Gasteiger charge is 2.48. The summed E-state index contributed by atoms with van der Waals surface area (Å²) in [5.41, 5.74) is 0.807. The van der Waals surface area contributed by atoms with Crippen molar-refractivity contribution in [2.24, 2.45) is 5.41 Å².